The Balaban J connectivity index is 2.99. The second-order valence-electron chi connectivity index (χ2n) is 11.8. The van der Waals surface area contributed by atoms with Crippen molar-refractivity contribution in [2.75, 3.05) is 0 Å². The first-order valence-corrected chi connectivity index (χ1v) is 13.9. The largest absolute Gasteiger partial charge is 0.463 e. The highest BCUT2D eigenvalue weighted by atomic mass is 16.5. The van der Waals surface area contributed by atoms with Crippen LogP contribution in [0.4, 0.5) is 0 Å². The maximum Gasteiger partial charge on any atom is 0.328 e. The molecule has 38 heavy (non-hydrogen) atoms. The highest BCUT2D eigenvalue weighted by Gasteiger charge is 2.36. The number of ether oxygens (including phenoxy) is 2. The normalized spacial score (nSPS) is 32.6. The van der Waals surface area contributed by atoms with Crippen LogP contribution in [-0.2, 0) is 23.9 Å². The number of aliphatic hydroxyl groups excluding tert-OH is 4. The fourth-order valence-corrected chi connectivity index (χ4v) is 5.57. The molecule has 0 bridgehead atoms. The second-order valence-corrected chi connectivity index (χ2v) is 11.8. The minimum absolute atomic E-state index is 0.0597. The molecule has 10 nitrogen and oxygen atoms in total. The lowest BCUT2D eigenvalue weighted by atomic mass is 9.78. The second kappa shape index (κ2) is 15.7. The van der Waals surface area contributed by atoms with Crippen molar-refractivity contribution in [1.29, 1.82) is 0 Å². The summed E-state index contributed by atoms with van der Waals surface area (Å²) in [6.07, 6.45) is -3.49. The summed E-state index contributed by atoms with van der Waals surface area (Å²) in [5.41, 5.74) is 0. The minimum atomic E-state index is -1.02. The number of carbonyl (C=O) groups is 3. The van der Waals surface area contributed by atoms with Crippen LogP contribution in [-0.4, -0.2) is 80.9 Å². The van der Waals surface area contributed by atoms with Crippen molar-refractivity contribution in [3.8, 4) is 0 Å². The Morgan fingerprint density at radius 3 is 2.21 bits per heavy atom. The van der Waals surface area contributed by atoms with Gasteiger partial charge in [0.15, 0.2) is 0 Å². The van der Waals surface area contributed by atoms with E-state index >= 15 is 0 Å². The van der Waals surface area contributed by atoms with E-state index in [1.165, 1.54) is 13.8 Å². The minimum Gasteiger partial charge on any atom is -0.463 e. The first-order chi connectivity index (χ1) is 17.5. The quantitative estimate of drug-likeness (QED) is 0.273. The van der Waals surface area contributed by atoms with Crippen molar-refractivity contribution in [1.82, 2.24) is 5.32 Å². The highest BCUT2D eigenvalue weighted by Crippen LogP contribution is 2.32. The summed E-state index contributed by atoms with van der Waals surface area (Å²) in [4.78, 5) is 36.3. The third-order valence-corrected chi connectivity index (χ3v) is 7.85. The summed E-state index contributed by atoms with van der Waals surface area (Å²) in [5, 5.41) is 45.0. The SMILES string of the molecule is CC(=O)O[C@@H](C)C[C@@H](O)[C@@H](C)[C@@H](O)[C@@H](C)C[C@H](C)C1OC(=O)[C@@H](C)NC(=O)C[C@@H](O)C[C@H](O)[C@H](C)C[C@H]1C. The zero-order valence-electron chi connectivity index (χ0n) is 24.3. The predicted octanol–water partition coefficient (Wildman–Crippen LogP) is 1.94. The molecule has 0 aromatic carbocycles. The van der Waals surface area contributed by atoms with Gasteiger partial charge in [-0.15, -0.1) is 0 Å². The molecular formula is C28H51NO9. The number of amides is 1. The van der Waals surface area contributed by atoms with E-state index in [0.29, 0.717) is 12.8 Å². The molecule has 1 aliphatic heterocycles. The van der Waals surface area contributed by atoms with Gasteiger partial charge in [0.05, 0.1) is 30.8 Å². The number of nitrogens with one attached hydrogen (secondary N) is 1. The van der Waals surface area contributed by atoms with Crippen molar-refractivity contribution in [2.24, 2.45) is 29.6 Å². The lowest BCUT2D eigenvalue weighted by Crippen LogP contribution is -2.44. The Kier molecular flexibility index (Phi) is 14.2. The monoisotopic (exact) mass is 545 g/mol. The van der Waals surface area contributed by atoms with Crippen LogP contribution in [0.25, 0.3) is 0 Å². The van der Waals surface area contributed by atoms with E-state index in [1.807, 2.05) is 27.7 Å². The van der Waals surface area contributed by atoms with Crippen LogP contribution in [0.3, 0.4) is 0 Å². The maximum absolute atomic E-state index is 12.9. The highest BCUT2D eigenvalue weighted by molar-refractivity contribution is 5.84. The lowest BCUT2D eigenvalue weighted by Gasteiger charge is -2.36. The molecule has 0 radical (unpaired) electrons. The molecule has 1 unspecified atom stereocenters. The molecule has 1 saturated heterocycles. The Bertz CT molecular complexity index is 763. The van der Waals surface area contributed by atoms with Crippen molar-refractivity contribution < 1.29 is 44.3 Å². The number of carbonyl (C=O) groups excluding carboxylic acids is 3. The molecule has 1 aliphatic rings. The van der Waals surface area contributed by atoms with Crippen molar-refractivity contribution in [2.45, 2.75) is 130 Å². The number of aliphatic hydroxyl groups is 4. The summed E-state index contributed by atoms with van der Waals surface area (Å²) in [6.45, 7) is 13.9. The van der Waals surface area contributed by atoms with Gasteiger partial charge in [-0.1, -0.05) is 34.6 Å². The van der Waals surface area contributed by atoms with Crippen LogP contribution in [0.5, 0.6) is 0 Å². The van der Waals surface area contributed by atoms with Crippen LogP contribution in [0, 0.1) is 29.6 Å². The molecular weight excluding hydrogens is 494 g/mol. The van der Waals surface area contributed by atoms with Gasteiger partial charge in [-0.05, 0) is 56.8 Å². The molecule has 1 amide bonds. The van der Waals surface area contributed by atoms with Gasteiger partial charge < -0.3 is 35.2 Å². The Morgan fingerprint density at radius 1 is 1.03 bits per heavy atom. The van der Waals surface area contributed by atoms with Gasteiger partial charge >= 0.3 is 11.9 Å². The Labute approximate surface area is 227 Å². The zero-order valence-corrected chi connectivity index (χ0v) is 24.3. The predicted molar refractivity (Wildman–Crippen MR) is 142 cm³/mol. The number of cyclic esters (lactones) is 1. The Hall–Kier alpha value is -1.75. The smallest absolute Gasteiger partial charge is 0.328 e. The zero-order chi connectivity index (χ0) is 29.3. The molecule has 5 N–H and O–H groups in total. The maximum atomic E-state index is 12.9. The number of hydrogen-bond donors (Lipinski definition) is 5. The van der Waals surface area contributed by atoms with Gasteiger partial charge in [-0.2, -0.15) is 0 Å². The van der Waals surface area contributed by atoms with Crippen molar-refractivity contribution in [3.63, 3.8) is 0 Å². The fraction of sp³-hybridized carbons (Fsp3) is 0.893. The van der Waals surface area contributed by atoms with E-state index in [2.05, 4.69) is 5.32 Å². The fourth-order valence-electron chi connectivity index (χ4n) is 5.57. The molecule has 1 heterocycles. The molecule has 0 aromatic rings. The summed E-state index contributed by atoms with van der Waals surface area (Å²) in [7, 11) is 0. The molecule has 0 aromatic heterocycles. The summed E-state index contributed by atoms with van der Waals surface area (Å²) in [5.74, 6) is -2.75. The third-order valence-electron chi connectivity index (χ3n) is 7.85. The number of hydrogen-bond acceptors (Lipinski definition) is 9. The standard InChI is InChI=1S/C28H51NO9/c1-14-9-16(3)27(38-28(36)20(7)29-25(34)13-22(31)12-23(14)32)17(4)10-15(2)26(35)19(6)24(33)11-18(5)37-21(8)30/h14-20,22-24,26-27,31-33,35H,9-13H2,1-8H3,(H,29,34)/t14-,15+,16-,17+,18+,19-,20-,22+,23+,24-,26+,27?/m1/s1. The molecule has 1 fully saturated rings. The average Bonchev–Trinajstić information content (AvgIpc) is 2.79. The van der Waals surface area contributed by atoms with E-state index in [-0.39, 0.29) is 42.9 Å². The summed E-state index contributed by atoms with van der Waals surface area (Å²) >= 11 is 0. The van der Waals surface area contributed by atoms with E-state index in [0.717, 1.165) is 0 Å². The molecule has 222 valence electrons. The lowest BCUT2D eigenvalue weighted by molar-refractivity contribution is -0.159. The van der Waals surface area contributed by atoms with E-state index in [1.54, 1.807) is 13.8 Å². The number of esters is 2. The average molecular weight is 546 g/mol. The van der Waals surface area contributed by atoms with Crippen LogP contribution in [0.15, 0.2) is 0 Å². The van der Waals surface area contributed by atoms with Crippen molar-refractivity contribution in [3.05, 3.63) is 0 Å². The first kappa shape index (κ1) is 34.3. The Morgan fingerprint density at radius 2 is 1.63 bits per heavy atom. The van der Waals surface area contributed by atoms with Gasteiger partial charge in [0.1, 0.15) is 18.2 Å². The van der Waals surface area contributed by atoms with Gasteiger partial charge in [0, 0.05) is 19.3 Å². The van der Waals surface area contributed by atoms with Crippen molar-refractivity contribution >= 4 is 17.8 Å². The first-order valence-electron chi connectivity index (χ1n) is 13.9. The summed E-state index contributed by atoms with van der Waals surface area (Å²) in [6, 6.07) is -0.905. The molecule has 10 heteroatoms. The summed E-state index contributed by atoms with van der Waals surface area (Å²) < 4.78 is 11.0. The van der Waals surface area contributed by atoms with E-state index in [9.17, 15) is 34.8 Å². The van der Waals surface area contributed by atoms with Crippen LogP contribution in [0.1, 0.15) is 87.5 Å². The molecule has 0 aliphatic carbocycles. The van der Waals surface area contributed by atoms with E-state index in [4.69, 9.17) is 9.47 Å². The molecule has 1 rings (SSSR count). The number of rotatable bonds is 9. The third kappa shape index (κ3) is 11.2. The van der Waals surface area contributed by atoms with E-state index < -0.39 is 66.4 Å². The van der Waals surface area contributed by atoms with Crippen LogP contribution < -0.4 is 5.32 Å². The van der Waals surface area contributed by atoms with Gasteiger partial charge in [0.25, 0.3) is 0 Å². The molecule has 12 atom stereocenters. The topological polar surface area (TPSA) is 163 Å². The van der Waals surface area contributed by atoms with Crippen LogP contribution >= 0.6 is 0 Å². The van der Waals surface area contributed by atoms with Gasteiger partial charge in [0.2, 0.25) is 5.91 Å². The molecule has 0 spiro atoms. The van der Waals surface area contributed by atoms with Gasteiger partial charge in [-0.25, -0.2) is 4.79 Å². The van der Waals surface area contributed by atoms with Gasteiger partial charge in [-0.3, -0.25) is 9.59 Å². The van der Waals surface area contributed by atoms with Crippen LogP contribution in [0.2, 0.25) is 0 Å². The molecule has 0 saturated carbocycles.